The van der Waals surface area contributed by atoms with Crippen molar-refractivity contribution in [3.63, 3.8) is 0 Å². The second-order valence-corrected chi connectivity index (χ2v) is 6.91. The first-order valence-electron chi connectivity index (χ1n) is 8.07. The first kappa shape index (κ1) is 20.4. The van der Waals surface area contributed by atoms with E-state index < -0.39 is 6.04 Å². The Morgan fingerprint density at radius 1 is 1.00 bits per heavy atom. The normalized spacial score (nSPS) is 15.1. The number of rotatable bonds is 3. The van der Waals surface area contributed by atoms with Crippen LogP contribution in [0.15, 0.2) is 59.4 Å². The molecule has 0 N–H and O–H groups in total. The molecule has 1 aliphatic rings. The molecule has 1 saturated heterocycles. The van der Waals surface area contributed by atoms with Crippen molar-refractivity contribution in [1.29, 1.82) is 0 Å². The molecule has 0 saturated carbocycles. The molecule has 2 heterocycles. The first-order chi connectivity index (χ1) is 12.6. The Balaban J connectivity index is 0.00000210. The Labute approximate surface area is 202 Å². The molecule has 1 fully saturated rings. The monoisotopic (exact) mass is 405 g/mol. The number of hydrogen-bond acceptors (Lipinski definition) is 5. The van der Waals surface area contributed by atoms with Crippen molar-refractivity contribution in [1.82, 2.24) is 14.5 Å². The molecule has 0 bridgehead atoms. The van der Waals surface area contributed by atoms with Gasteiger partial charge in [0, 0.05) is 7.05 Å². The molecule has 1 aliphatic heterocycles. The van der Waals surface area contributed by atoms with E-state index in [0.29, 0.717) is 16.7 Å². The van der Waals surface area contributed by atoms with E-state index in [1.54, 1.807) is 31.3 Å². The zero-order chi connectivity index (χ0) is 18.3. The fourth-order valence-electron chi connectivity index (χ4n) is 3.14. The van der Waals surface area contributed by atoms with Gasteiger partial charge < -0.3 is 0 Å². The Bertz CT molecular complexity index is 1070. The Hall–Kier alpha value is -1.29. The summed E-state index contributed by atoms with van der Waals surface area (Å²) in [4.78, 5) is 43.4. The Morgan fingerprint density at radius 3 is 2.33 bits per heavy atom. The predicted octanol–water partition coefficient (Wildman–Crippen LogP) is 2.07. The number of amides is 2. The van der Waals surface area contributed by atoms with Crippen molar-refractivity contribution >= 4 is 85.2 Å². The van der Waals surface area contributed by atoms with E-state index in [0.717, 1.165) is 17.3 Å². The maximum atomic E-state index is 12.8. The molecule has 0 radical (unpaired) electrons. The van der Waals surface area contributed by atoms with Crippen molar-refractivity contribution < 1.29 is 9.59 Å². The van der Waals surface area contributed by atoms with E-state index in [4.69, 9.17) is 0 Å². The zero-order valence-electron chi connectivity index (χ0n) is 14.0. The number of carbonyl (C=O) groups is 2. The number of imide groups is 1. The summed E-state index contributed by atoms with van der Waals surface area (Å²) in [5, 5.41) is 0.172. The molecule has 132 valence electrons. The zero-order valence-corrected chi connectivity index (χ0v) is 14.8. The van der Waals surface area contributed by atoms with Gasteiger partial charge >= 0.3 is 51.4 Å². The number of fused-ring (bicyclic) bond motifs is 1. The fourth-order valence-corrected chi connectivity index (χ4v) is 3.87. The van der Waals surface area contributed by atoms with Crippen molar-refractivity contribution in [2.24, 2.45) is 7.05 Å². The summed E-state index contributed by atoms with van der Waals surface area (Å²) < 4.78 is 1.42. The summed E-state index contributed by atoms with van der Waals surface area (Å²) >= 11 is 0.967. The number of aromatic nitrogens is 2. The number of carbonyl (C=O) groups excluding carboxylic acids is 2. The average Bonchev–Trinajstić information content (AvgIpc) is 2.99. The summed E-state index contributed by atoms with van der Waals surface area (Å²) in [6.07, 6.45) is 0. The van der Waals surface area contributed by atoms with Crippen LogP contribution in [-0.2, 0) is 11.8 Å². The van der Waals surface area contributed by atoms with Crippen molar-refractivity contribution in [3.05, 3.63) is 76.3 Å². The first-order valence-corrected chi connectivity index (χ1v) is 9.06. The minimum atomic E-state index is -0.742. The molecular weight excluding hydrogens is 389 g/mol. The third-order valence-corrected chi connectivity index (χ3v) is 5.26. The van der Waals surface area contributed by atoms with Gasteiger partial charge in [-0.1, -0.05) is 54.2 Å². The van der Waals surface area contributed by atoms with Crippen molar-refractivity contribution in [2.75, 3.05) is 5.75 Å². The minimum absolute atomic E-state index is 0. The SMILES string of the molecule is Cn1c(C(c2ccccc2)N2C(=O)CSC2=O)nc2ccccc2c1=O.[KH]. The van der Waals surface area contributed by atoms with Gasteiger partial charge in [-0.15, -0.1) is 0 Å². The van der Waals surface area contributed by atoms with Crippen LogP contribution in [0.3, 0.4) is 0 Å². The van der Waals surface area contributed by atoms with Crippen LogP contribution in [0.1, 0.15) is 17.4 Å². The molecule has 2 aromatic carbocycles. The van der Waals surface area contributed by atoms with Crippen LogP contribution in [-0.4, -0.2) is 82.7 Å². The van der Waals surface area contributed by atoms with E-state index in [1.165, 1.54) is 9.47 Å². The molecular formula is C19H16KN3O3S. The van der Waals surface area contributed by atoms with Gasteiger partial charge in [-0.3, -0.25) is 23.9 Å². The van der Waals surface area contributed by atoms with Crippen LogP contribution in [0.5, 0.6) is 0 Å². The second kappa shape index (κ2) is 8.38. The maximum absolute atomic E-state index is 12.8. The fraction of sp³-hybridized carbons (Fsp3) is 0.158. The second-order valence-electron chi connectivity index (χ2n) is 5.98. The molecule has 1 atom stereocenters. The molecule has 3 aromatic rings. The van der Waals surface area contributed by atoms with Gasteiger partial charge in [-0.05, 0) is 17.7 Å². The molecule has 8 heteroatoms. The third kappa shape index (κ3) is 3.70. The van der Waals surface area contributed by atoms with Gasteiger partial charge in [-0.2, -0.15) is 0 Å². The summed E-state index contributed by atoms with van der Waals surface area (Å²) in [6.45, 7) is 0. The Kier molecular flexibility index (Phi) is 6.34. The Morgan fingerprint density at radius 2 is 1.67 bits per heavy atom. The number of nitrogens with zero attached hydrogens (tertiary/aromatic N) is 3. The topological polar surface area (TPSA) is 72.3 Å². The quantitative estimate of drug-likeness (QED) is 0.624. The third-order valence-electron chi connectivity index (χ3n) is 4.42. The van der Waals surface area contributed by atoms with Gasteiger partial charge in [0.1, 0.15) is 11.9 Å². The average molecular weight is 406 g/mol. The summed E-state index contributed by atoms with van der Waals surface area (Å²) in [6, 6.07) is 15.5. The molecule has 1 unspecified atom stereocenters. The molecule has 27 heavy (non-hydrogen) atoms. The van der Waals surface area contributed by atoms with Gasteiger partial charge in [0.15, 0.2) is 0 Å². The van der Waals surface area contributed by atoms with Crippen LogP contribution in [0, 0.1) is 0 Å². The van der Waals surface area contributed by atoms with Gasteiger partial charge in [0.2, 0.25) is 5.91 Å². The number of para-hydroxylation sites is 1. The van der Waals surface area contributed by atoms with Crippen LogP contribution in [0.2, 0.25) is 0 Å². The summed E-state index contributed by atoms with van der Waals surface area (Å²) in [5.41, 5.74) is 1.06. The van der Waals surface area contributed by atoms with E-state index in [1.807, 2.05) is 30.3 Å². The molecule has 4 rings (SSSR count). The number of hydrogen-bond donors (Lipinski definition) is 0. The van der Waals surface area contributed by atoms with Crippen LogP contribution < -0.4 is 5.56 Å². The summed E-state index contributed by atoms with van der Waals surface area (Å²) in [5.74, 6) is 0.185. The molecule has 1 aromatic heterocycles. The van der Waals surface area contributed by atoms with Crippen molar-refractivity contribution in [2.45, 2.75) is 6.04 Å². The predicted molar refractivity (Wildman–Crippen MR) is 107 cm³/mol. The van der Waals surface area contributed by atoms with Crippen molar-refractivity contribution in [3.8, 4) is 0 Å². The number of benzene rings is 2. The molecule has 0 spiro atoms. The van der Waals surface area contributed by atoms with E-state index >= 15 is 0 Å². The van der Waals surface area contributed by atoms with E-state index in [-0.39, 0.29) is 73.8 Å². The molecule has 6 nitrogen and oxygen atoms in total. The van der Waals surface area contributed by atoms with Gasteiger partial charge in [-0.25, -0.2) is 4.98 Å². The standard InChI is InChI=1S/C19H15N3O3S.K.H/c1-21-17(20-14-10-6-5-9-13(14)18(21)24)16(12-7-3-2-4-8-12)22-15(23)11-26-19(22)25;;/h2-10,16H,11H2,1H3;;. The number of thioether (sulfide) groups is 1. The van der Waals surface area contributed by atoms with Crippen LogP contribution >= 0.6 is 11.8 Å². The molecule has 0 aliphatic carbocycles. The van der Waals surface area contributed by atoms with E-state index in [9.17, 15) is 14.4 Å². The summed E-state index contributed by atoms with van der Waals surface area (Å²) in [7, 11) is 1.62. The van der Waals surface area contributed by atoms with Crippen LogP contribution in [0.25, 0.3) is 10.9 Å². The van der Waals surface area contributed by atoms with E-state index in [2.05, 4.69) is 4.98 Å². The van der Waals surface area contributed by atoms with Gasteiger partial charge in [0.25, 0.3) is 10.8 Å². The molecule has 2 amide bonds. The van der Waals surface area contributed by atoms with Gasteiger partial charge in [0.05, 0.1) is 16.7 Å². The van der Waals surface area contributed by atoms with Crippen LogP contribution in [0.4, 0.5) is 4.79 Å².